The largest absolute Gasteiger partial charge is 0.469 e. The molecule has 2 saturated heterocycles. The molecule has 3 heterocycles. The van der Waals surface area contributed by atoms with E-state index in [1.165, 1.54) is 34.9 Å². The van der Waals surface area contributed by atoms with Gasteiger partial charge in [0.2, 0.25) is 11.6 Å². The van der Waals surface area contributed by atoms with Crippen molar-refractivity contribution in [1.82, 2.24) is 14.8 Å². The number of methoxy groups -OCH3 is 1. The molecule has 2 aliphatic heterocycles. The molecule has 0 radical (unpaired) electrons. The van der Waals surface area contributed by atoms with Crippen LogP contribution in [-0.2, 0) is 22.6 Å². The lowest BCUT2D eigenvalue weighted by Gasteiger charge is -2.18. The molecule has 0 unspecified atom stereocenters. The average molecular weight is 695 g/mol. The molecule has 0 saturated carbocycles. The summed E-state index contributed by atoms with van der Waals surface area (Å²) in [5.74, 6) is 0.211. The predicted octanol–water partition coefficient (Wildman–Crippen LogP) is 8.68. The topological polar surface area (TPSA) is 83.4 Å². The molecular formula is C44H46N4O4. The third kappa shape index (κ3) is 7.18. The van der Waals surface area contributed by atoms with Gasteiger partial charge in [0.1, 0.15) is 0 Å². The average Bonchev–Trinajstić information content (AvgIpc) is 3.89. The van der Waals surface area contributed by atoms with Crippen molar-refractivity contribution in [3.8, 4) is 22.6 Å². The smallest absolute Gasteiger partial charge is 0.310 e. The maximum Gasteiger partial charge on any atom is 0.310 e. The molecule has 0 amide bonds. The van der Waals surface area contributed by atoms with Crippen molar-refractivity contribution in [2.75, 3.05) is 33.3 Å². The molecule has 2 atom stereocenters. The molecule has 2 aliphatic rings. The van der Waals surface area contributed by atoms with E-state index in [1.54, 1.807) is 0 Å². The standard InChI is InChI=1S/C44H46N4O4/c1-27-20-35(25-48-18-16-36(49)26-48)28(2)19-33(27)14-13-32-9-7-10-37(29(32)3)38-11-8-12-39(30(38)4)43-46-41-22-31(21-40(45-5)42(41)52-43)23-47-17-15-34(24-47)44(50)51-6/h7-14,19-22,34,36,49H,15-18,23-26H2,1-4,6H3/b14-13+/t34-,36-/m1/s1. The fourth-order valence-corrected chi connectivity index (χ4v) is 7.86. The minimum Gasteiger partial charge on any atom is -0.469 e. The van der Waals surface area contributed by atoms with Gasteiger partial charge in [-0.05, 0) is 121 Å². The number of carbonyl (C=O) groups is 1. The first-order valence-electron chi connectivity index (χ1n) is 18.1. The van der Waals surface area contributed by atoms with Crippen LogP contribution in [0.4, 0.5) is 5.69 Å². The number of hydrogen-bond donors (Lipinski definition) is 1. The summed E-state index contributed by atoms with van der Waals surface area (Å²) in [6.07, 6.45) is 5.83. The number of fused-ring (bicyclic) bond motifs is 1. The van der Waals surface area contributed by atoms with Crippen LogP contribution in [0.15, 0.2) is 65.1 Å². The number of likely N-dealkylation sites (tertiary alicyclic amines) is 2. The summed E-state index contributed by atoms with van der Waals surface area (Å²) in [5, 5.41) is 9.95. The number of oxazole rings is 1. The number of β-amino-alcohol motifs (C(OH)–C–C–N with tert-alkyl or cyclic N) is 1. The van der Waals surface area contributed by atoms with Crippen molar-refractivity contribution >= 4 is 34.9 Å². The van der Waals surface area contributed by atoms with Gasteiger partial charge in [0, 0.05) is 38.3 Å². The van der Waals surface area contributed by atoms with Crippen molar-refractivity contribution in [2.45, 2.75) is 59.7 Å². The van der Waals surface area contributed by atoms with Gasteiger partial charge in [-0.1, -0.05) is 54.6 Å². The third-order valence-corrected chi connectivity index (χ3v) is 10.9. The first kappa shape index (κ1) is 35.3. The minimum absolute atomic E-state index is 0.114. The van der Waals surface area contributed by atoms with Crippen molar-refractivity contribution < 1.29 is 19.1 Å². The van der Waals surface area contributed by atoms with Crippen LogP contribution in [0, 0.1) is 40.2 Å². The minimum atomic E-state index is -0.209. The van der Waals surface area contributed by atoms with Gasteiger partial charge < -0.3 is 14.3 Å². The van der Waals surface area contributed by atoms with Crippen LogP contribution in [0.3, 0.4) is 0 Å². The Hall–Kier alpha value is -5.07. The molecule has 1 aromatic heterocycles. The maximum absolute atomic E-state index is 12.0. The van der Waals surface area contributed by atoms with E-state index in [1.807, 2.05) is 24.3 Å². The number of aryl methyl sites for hydroxylation is 2. The Morgan fingerprint density at radius 2 is 1.62 bits per heavy atom. The van der Waals surface area contributed by atoms with Gasteiger partial charge in [0.25, 0.3) is 0 Å². The molecule has 5 aromatic rings. The normalized spacial score (nSPS) is 18.1. The highest BCUT2D eigenvalue weighted by Gasteiger charge is 2.29. The summed E-state index contributed by atoms with van der Waals surface area (Å²) >= 11 is 0. The zero-order chi connectivity index (χ0) is 36.5. The van der Waals surface area contributed by atoms with Gasteiger partial charge in [-0.15, -0.1) is 0 Å². The number of nitrogens with zero attached hydrogens (tertiary/aromatic N) is 4. The SMILES string of the molecule is [C-]#[N+]c1cc(CN2CC[C@@H](C(=O)OC)C2)cc2nc(-c3cccc(-c4cccc(/C=C/c5cc(C)c(CN6CC[C@@H](O)C6)cc5C)c4C)c3C)oc12. The second-order valence-electron chi connectivity index (χ2n) is 14.5. The number of ether oxygens (including phenoxy) is 1. The monoisotopic (exact) mass is 694 g/mol. The van der Waals surface area contributed by atoms with Crippen molar-refractivity contribution in [3.05, 3.63) is 117 Å². The highest BCUT2D eigenvalue weighted by atomic mass is 16.5. The van der Waals surface area contributed by atoms with Crippen LogP contribution in [0.1, 0.15) is 57.3 Å². The fourth-order valence-electron chi connectivity index (χ4n) is 7.86. The lowest BCUT2D eigenvalue weighted by atomic mass is 9.91. The number of hydrogen-bond acceptors (Lipinski definition) is 7. The summed E-state index contributed by atoms with van der Waals surface area (Å²) in [5.41, 5.74) is 14.1. The summed E-state index contributed by atoms with van der Waals surface area (Å²) in [7, 11) is 1.43. The first-order chi connectivity index (χ1) is 25.1. The number of aliphatic hydroxyl groups is 1. The summed E-state index contributed by atoms with van der Waals surface area (Å²) in [6.45, 7) is 21.1. The lowest BCUT2D eigenvalue weighted by Crippen LogP contribution is -2.23. The van der Waals surface area contributed by atoms with E-state index in [-0.39, 0.29) is 18.0 Å². The molecule has 7 rings (SSSR count). The van der Waals surface area contributed by atoms with E-state index in [2.05, 4.69) is 90.9 Å². The van der Waals surface area contributed by atoms with Crippen molar-refractivity contribution in [3.63, 3.8) is 0 Å². The number of benzene rings is 4. The van der Waals surface area contributed by atoms with E-state index in [9.17, 15) is 9.90 Å². The Bertz CT molecular complexity index is 2230. The third-order valence-electron chi connectivity index (χ3n) is 10.9. The van der Waals surface area contributed by atoms with Gasteiger partial charge >= 0.3 is 5.97 Å². The highest BCUT2D eigenvalue weighted by molar-refractivity contribution is 5.90. The lowest BCUT2D eigenvalue weighted by molar-refractivity contribution is -0.144. The molecule has 4 aromatic carbocycles. The number of aliphatic hydroxyl groups excluding tert-OH is 1. The zero-order valence-electron chi connectivity index (χ0n) is 30.7. The summed E-state index contributed by atoms with van der Waals surface area (Å²) < 4.78 is 11.3. The molecule has 0 bridgehead atoms. The Morgan fingerprint density at radius 3 is 2.37 bits per heavy atom. The van der Waals surface area contributed by atoms with Crippen LogP contribution < -0.4 is 0 Å². The van der Waals surface area contributed by atoms with Gasteiger partial charge in [0.05, 0.1) is 31.2 Å². The number of esters is 1. The van der Waals surface area contributed by atoms with E-state index < -0.39 is 0 Å². The maximum atomic E-state index is 12.0. The van der Waals surface area contributed by atoms with Crippen molar-refractivity contribution in [2.24, 2.45) is 5.92 Å². The molecule has 8 nitrogen and oxygen atoms in total. The predicted molar refractivity (Wildman–Crippen MR) is 207 cm³/mol. The highest BCUT2D eigenvalue weighted by Crippen LogP contribution is 2.38. The van der Waals surface area contributed by atoms with Crippen LogP contribution in [0.25, 0.3) is 50.7 Å². The van der Waals surface area contributed by atoms with Crippen LogP contribution >= 0.6 is 0 Å². The second kappa shape index (κ2) is 14.9. The number of carbonyl (C=O) groups excluding carboxylic acids is 1. The van der Waals surface area contributed by atoms with E-state index >= 15 is 0 Å². The summed E-state index contributed by atoms with van der Waals surface area (Å²) in [4.78, 5) is 25.3. The van der Waals surface area contributed by atoms with Gasteiger partial charge in [-0.2, -0.15) is 0 Å². The second-order valence-corrected chi connectivity index (χ2v) is 14.5. The first-order valence-corrected chi connectivity index (χ1v) is 18.1. The Kier molecular flexibility index (Phi) is 10.1. The molecule has 0 aliphatic carbocycles. The Balaban J connectivity index is 1.14. The molecule has 0 spiro atoms. The molecule has 8 heteroatoms. The molecule has 1 N–H and O–H groups in total. The molecular weight excluding hydrogens is 649 g/mol. The van der Waals surface area contributed by atoms with E-state index in [4.69, 9.17) is 20.7 Å². The van der Waals surface area contributed by atoms with Gasteiger partial charge in [0.15, 0.2) is 5.58 Å². The number of aromatic nitrogens is 1. The molecule has 266 valence electrons. The Morgan fingerprint density at radius 1 is 0.904 bits per heavy atom. The van der Waals surface area contributed by atoms with Crippen LogP contribution in [-0.4, -0.2) is 65.3 Å². The quantitative estimate of drug-likeness (QED) is 0.0939. The van der Waals surface area contributed by atoms with Gasteiger partial charge in [-0.25, -0.2) is 9.83 Å². The fraction of sp³-hybridized carbons (Fsp3) is 0.341. The molecule has 52 heavy (non-hydrogen) atoms. The zero-order valence-corrected chi connectivity index (χ0v) is 30.7. The number of rotatable bonds is 9. The van der Waals surface area contributed by atoms with Crippen LogP contribution in [0.2, 0.25) is 0 Å². The Labute approximate surface area is 306 Å². The van der Waals surface area contributed by atoms with Crippen LogP contribution in [0.5, 0.6) is 0 Å². The van der Waals surface area contributed by atoms with Crippen molar-refractivity contribution in [1.29, 1.82) is 0 Å². The molecule has 2 fully saturated rings. The van der Waals surface area contributed by atoms with E-state index in [0.29, 0.717) is 35.8 Å². The van der Waals surface area contributed by atoms with E-state index in [0.717, 1.165) is 72.4 Å². The summed E-state index contributed by atoms with van der Waals surface area (Å²) in [6, 6.07) is 21.1. The van der Waals surface area contributed by atoms with Gasteiger partial charge in [-0.3, -0.25) is 14.6 Å².